The first-order valence-corrected chi connectivity index (χ1v) is 12.5. The van der Waals surface area contributed by atoms with Crippen LogP contribution in [-0.2, 0) is 21.9 Å². The number of likely N-dealkylation sites (N-methyl/N-ethyl adjacent to an activating group) is 1. The van der Waals surface area contributed by atoms with Crippen LogP contribution in [0.15, 0.2) is 36.4 Å². The highest BCUT2D eigenvalue weighted by atomic mass is 35.5. The summed E-state index contributed by atoms with van der Waals surface area (Å²) in [6.45, 7) is 4.43. The molecule has 0 fully saturated rings. The maximum Gasteiger partial charge on any atom is 0.242 e. The quantitative estimate of drug-likeness (QED) is 0.389. The van der Waals surface area contributed by atoms with Crippen LogP contribution in [0.4, 0.5) is 0 Å². The van der Waals surface area contributed by atoms with Gasteiger partial charge >= 0.3 is 0 Å². The van der Waals surface area contributed by atoms with E-state index in [2.05, 4.69) is 5.32 Å². The third-order valence-electron chi connectivity index (χ3n) is 4.59. The highest BCUT2D eigenvalue weighted by Gasteiger charge is 2.28. The van der Waals surface area contributed by atoms with E-state index >= 15 is 0 Å². The fraction of sp³-hybridized carbons (Fsp3) is 0.364. The van der Waals surface area contributed by atoms with E-state index in [1.165, 1.54) is 11.8 Å². The van der Waals surface area contributed by atoms with Crippen LogP contribution in [0, 0.1) is 0 Å². The van der Waals surface area contributed by atoms with Gasteiger partial charge in [0.25, 0.3) is 0 Å². The second-order valence-corrected chi connectivity index (χ2v) is 9.48. The predicted octanol–water partition coefficient (Wildman–Crippen LogP) is 6.48. The molecule has 0 heterocycles. The molecule has 2 rings (SSSR count). The van der Waals surface area contributed by atoms with Gasteiger partial charge in [-0.3, -0.25) is 9.59 Å². The van der Waals surface area contributed by atoms with E-state index in [1.54, 1.807) is 35.2 Å². The topological polar surface area (TPSA) is 49.4 Å². The predicted molar refractivity (Wildman–Crippen MR) is 132 cm³/mol. The minimum atomic E-state index is -0.598. The second-order valence-electron chi connectivity index (χ2n) is 6.80. The normalized spacial score (nSPS) is 11.8. The van der Waals surface area contributed by atoms with E-state index in [0.717, 1.165) is 11.1 Å². The van der Waals surface area contributed by atoms with Crippen molar-refractivity contribution in [2.24, 2.45) is 0 Å². The Hall–Kier alpha value is -1.11. The minimum absolute atomic E-state index is 0.154. The lowest BCUT2D eigenvalue weighted by Crippen LogP contribution is -2.49. The number of nitrogens with one attached hydrogen (secondary N) is 1. The molecule has 0 radical (unpaired) electrons. The van der Waals surface area contributed by atoms with Gasteiger partial charge in [-0.15, -0.1) is 11.8 Å². The molecule has 4 nitrogen and oxygen atoms in total. The highest BCUT2D eigenvalue weighted by Crippen LogP contribution is 2.26. The zero-order valence-corrected chi connectivity index (χ0v) is 21.1. The van der Waals surface area contributed by atoms with Crippen molar-refractivity contribution in [2.45, 2.75) is 38.6 Å². The SMILES string of the molecule is CCNC(=O)C(CC)N(Cc1ccc(Cl)cc1Cl)C(=O)CSCc1ccc(Cl)cc1Cl. The minimum Gasteiger partial charge on any atom is -0.355 e. The molecule has 9 heteroatoms. The van der Waals surface area contributed by atoms with Crippen molar-refractivity contribution in [1.29, 1.82) is 0 Å². The van der Waals surface area contributed by atoms with E-state index in [-0.39, 0.29) is 24.1 Å². The Balaban J connectivity index is 2.17. The summed E-state index contributed by atoms with van der Waals surface area (Å²) in [6, 6.07) is 9.81. The van der Waals surface area contributed by atoms with E-state index in [4.69, 9.17) is 46.4 Å². The van der Waals surface area contributed by atoms with Gasteiger partial charge in [0.05, 0.1) is 5.75 Å². The number of hydrogen-bond donors (Lipinski definition) is 1. The lowest BCUT2D eigenvalue weighted by molar-refractivity contribution is -0.139. The first-order valence-electron chi connectivity index (χ1n) is 9.79. The Labute approximate surface area is 207 Å². The summed E-state index contributed by atoms with van der Waals surface area (Å²) in [7, 11) is 0. The molecule has 0 aliphatic rings. The van der Waals surface area contributed by atoms with Crippen molar-refractivity contribution in [2.75, 3.05) is 12.3 Å². The van der Waals surface area contributed by atoms with Crippen molar-refractivity contribution in [3.8, 4) is 0 Å². The van der Waals surface area contributed by atoms with Crippen molar-refractivity contribution in [1.82, 2.24) is 10.2 Å². The van der Waals surface area contributed by atoms with E-state index in [9.17, 15) is 9.59 Å². The summed E-state index contributed by atoms with van der Waals surface area (Å²) in [5.41, 5.74) is 1.62. The number of carbonyl (C=O) groups is 2. The fourth-order valence-electron chi connectivity index (χ4n) is 3.01. The molecule has 0 aliphatic heterocycles. The summed E-state index contributed by atoms with van der Waals surface area (Å²) in [5.74, 6) is 0.406. The van der Waals surface area contributed by atoms with Crippen molar-refractivity contribution >= 4 is 70.0 Å². The summed E-state index contributed by atoms with van der Waals surface area (Å²) in [5, 5.41) is 4.90. The first kappa shape index (κ1) is 26.1. The van der Waals surface area contributed by atoms with Gasteiger partial charge in [0, 0.05) is 38.9 Å². The molecular weight excluding hydrogens is 498 g/mol. The molecule has 1 unspecified atom stereocenters. The van der Waals surface area contributed by atoms with Crippen LogP contribution < -0.4 is 5.32 Å². The molecule has 0 aliphatic carbocycles. The lowest BCUT2D eigenvalue weighted by atomic mass is 10.1. The largest absolute Gasteiger partial charge is 0.355 e. The summed E-state index contributed by atoms with van der Waals surface area (Å²) >= 11 is 25.9. The van der Waals surface area contributed by atoms with Crippen LogP contribution in [0.3, 0.4) is 0 Å². The third kappa shape index (κ3) is 7.76. The number of carbonyl (C=O) groups excluding carboxylic acids is 2. The van der Waals surface area contributed by atoms with E-state index < -0.39 is 6.04 Å². The lowest BCUT2D eigenvalue weighted by Gasteiger charge is -2.30. The van der Waals surface area contributed by atoms with Gasteiger partial charge in [0.15, 0.2) is 0 Å². The maximum atomic E-state index is 13.2. The zero-order chi connectivity index (χ0) is 23.0. The number of thioether (sulfide) groups is 1. The molecular formula is C22H24Cl4N2O2S. The van der Waals surface area contributed by atoms with Gasteiger partial charge < -0.3 is 10.2 Å². The van der Waals surface area contributed by atoms with Crippen molar-refractivity contribution < 1.29 is 9.59 Å². The van der Waals surface area contributed by atoms with Crippen LogP contribution in [0.5, 0.6) is 0 Å². The molecule has 0 saturated heterocycles. The van der Waals surface area contributed by atoms with Crippen LogP contribution in [0.25, 0.3) is 0 Å². The molecule has 0 spiro atoms. The van der Waals surface area contributed by atoms with Gasteiger partial charge in [-0.25, -0.2) is 0 Å². The Morgan fingerprint density at radius 3 is 2.06 bits per heavy atom. The third-order valence-corrected chi connectivity index (χ3v) is 6.73. The first-order chi connectivity index (χ1) is 14.8. The van der Waals surface area contributed by atoms with E-state index in [1.807, 2.05) is 19.9 Å². The van der Waals surface area contributed by atoms with Crippen LogP contribution in [0.2, 0.25) is 20.1 Å². The van der Waals surface area contributed by atoms with Crippen molar-refractivity contribution in [3.63, 3.8) is 0 Å². The van der Waals surface area contributed by atoms with Crippen LogP contribution in [-0.4, -0.2) is 35.1 Å². The Morgan fingerprint density at radius 1 is 0.968 bits per heavy atom. The average molecular weight is 522 g/mol. The van der Waals surface area contributed by atoms with Crippen molar-refractivity contribution in [3.05, 3.63) is 67.6 Å². The molecule has 0 bridgehead atoms. The average Bonchev–Trinajstić information content (AvgIpc) is 2.71. The zero-order valence-electron chi connectivity index (χ0n) is 17.3. The number of rotatable bonds is 10. The molecule has 2 amide bonds. The van der Waals surface area contributed by atoms with Gasteiger partial charge in [-0.1, -0.05) is 65.5 Å². The molecule has 0 saturated carbocycles. The summed E-state index contributed by atoms with van der Waals surface area (Å²) in [6.07, 6.45) is 0.483. The van der Waals surface area contributed by atoms with Crippen LogP contribution >= 0.6 is 58.2 Å². The Morgan fingerprint density at radius 2 is 1.55 bits per heavy atom. The molecule has 0 aromatic heterocycles. The monoisotopic (exact) mass is 520 g/mol. The summed E-state index contributed by atoms with van der Waals surface area (Å²) in [4.78, 5) is 27.4. The second kappa shape index (κ2) is 12.8. The van der Waals surface area contributed by atoms with Gasteiger partial charge in [-0.05, 0) is 48.7 Å². The molecule has 2 aromatic rings. The standard InChI is InChI=1S/C22H24Cl4N2O2S/c1-3-20(22(30)27-4-2)28(11-14-5-7-16(23)9-18(14)25)21(29)13-31-12-15-6-8-17(24)10-19(15)26/h5-10,20H,3-4,11-13H2,1-2H3,(H,27,30). The Bertz CT molecular complexity index is 926. The number of amides is 2. The van der Waals surface area contributed by atoms with Gasteiger partial charge in [-0.2, -0.15) is 0 Å². The number of hydrogen-bond acceptors (Lipinski definition) is 3. The number of benzene rings is 2. The molecule has 2 aromatic carbocycles. The molecule has 31 heavy (non-hydrogen) atoms. The highest BCUT2D eigenvalue weighted by molar-refractivity contribution is 7.99. The van der Waals surface area contributed by atoms with Crippen LogP contribution in [0.1, 0.15) is 31.4 Å². The smallest absolute Gasteiger partial charge is 0.242 e. The fourth-order valence-corrected chi connectivity index (χ4v) is 4.95. The Kier molecular flexibility index (Phi) is 10.8. The maximum absolute atomic E-state index is 13.2. The van der Waals surface area contributed by atoms with Gasteiger partial charge in [0.2, 0.25) is 11.8 Å². The molecule has 1 N–H and O–H groups in total. The molecule has 168 valence electrons. The number of nitrogens with zero attached hydrogens (tertiary/aromatic N) is 1. The summed E-state index contributed by atoms with van der Waals surface area (Å²) < 4.78 is 0. The number of halogens is 4. The molecule has 1 atom stereocenters. The van der Waals surface area contributed by atoms with Gasteiger partial charge in [0.1, 0.15) is 6.04 Å². The van der Waals surface area contributed by atoms with E-state index in [0.29, 0.717) is 38.8 Å².